The maximum absolute atomic E-state index is 13.3. The van der Waals surface area contributed by atoms with Crippen molar-refractivity contribution >= 4 is 28.7 Å². The molecule has 2 aliphatic rings. The number of nitrogens with zero attached hydrogens (tertiary/aromatic N) is 4. The number of ether oxygens (including phenoxy) is 2. The molecule has 1 aliphatic carbocycles. The normalized spacial score (nSPS) is 24.1. The number of methoxy groups -OCH3 is 1. The van der Waals surface area contributed by atoms with E-state index in [2.05, 4.69) is 27.6 Å². The molecule has 2 fully saturated rings. The Morgan fingerprint density at radius 3 is 2.78 bits per heavy atom. The molecular weight excluding hydrogens is 462 g/mol. The Hall–Kier alpha value is -3.41. The van der Waals surface area contributed by atoms with E-state index < -0.39 is 6.10 Å². The number of aliphatic hydroxyl groups excluding tert-OH is 1. The van der Waals surface area contributed by atoms with Crippen LogP contribution in [0.25, 0.3) is 11.3 Å². The maximum Gasteiger partial charge on any atom is 0.274 e. The fourth-order valence-corrected chi connectivity index (χ4v) is 4.99. The molecule has 0 unspecified atom stereocenters. The lowest BCUT2D eigenvalue weighted by Crippen LogP contribution is -2.37. The molecule has 36 heavy (non-hydrogen) atoms. The van der Waals surface area contributed by atoms with Gasteiger partial charge in [0.1, 0.15) is 17.3 Å². The molecule has 0 bridgehead atoms. The summed E-state index contributed by atoms with van der Waals surface area (Å²) in [4.78, 5) is 18.1. The molecule has 4 heterocycles. The Labute approximate surface area is 209 Å². The quantitative estimate of drug-likeness (QED) is 0.372. The van der Waals surface area contributed by atoms with E-state index in [0.717, 1.165) is 25.7 Å². The average Bonchev–Trinajstić information content (AvgIpc) is 3.51. The summed E-state index contributed by atoms with van der Waals surface area (Å²) in [7, 11) is 3.54. The van der Waals surface area contributed by atoms with E-state index in [9.17, 15) is 9.90 Å². The third-order valence-electron chi connectivity index (χ3n) is 7.07. The molecular formula is C25H33N7O4. The van der Waals surface area contributed by atoms with Gasteiger partial charge in [-0.25, -0.2) is 4.98 Å². The number of nitrogens with one attached hydrogen (secondary N) is 3. The number of pyridine rings is 1. The summed E-state index contributed by atoms with van der Waals surface area (Å²) in [5.74, 6) is 1.20. The second-order valence-corrected chi connectivity index (χ2v) is 9.33. The Morgan fingerprint density at radius 1 is 1.28 bits per heavy atom. The fraction of sp³-hybridized carbons (Fsp3) is 0.480. The van der Waals surface area contributed by atoms with Crippen LogP contribution >= 0.6 is 0 Å². The molecule has 11 nitrogen and oxygen atoms in total. The summed E-state index contributed by atoms with van der Waals surface area (Å²) >= 11 is 0. The third kappa shape index (κ3) is 4.69. The number of hydrogen-bond donors (Lipinski definition) is 4. The van der Waals surface area contributed by atoms with Crippen molar-refractivity contribution in [2.24, 2.45) is 0 Å². The minimum Gasteiger partial charge on any atom is -0.388 e. The van der Waals surface area contributed by atoms with Crippen molar-refractivity contribution in [1.29, 1.82) is 0 Å². The molecule has 5 rings (SSSR count). The van der Waals surface area contributed by atoms with Crippen LogP contribution < -0.4 is 21.5 Å². The molecule has 3 aromatic heterocycles. The first-order valence-corrected chi connectivity index (χ1v) is 12.3. The van der Waals surface area contributed by atoms with Gasteiger partial charge in [-0.05, 0) is 37.8 Å². The van der Waals surface area contributed by atoms with Gasteiger partial charge in [-0.3, -0.25) is 4.79 Å². The van der Waals surface area contributed by atoms with Crippen LogP contribution in [-0.2, 0) is 9.47 Å². The van der Waals surface area contributed by atoms with Crippen LogP contribution in [0.15, 0.2) is 42.0 Å². The number of aromatic nitrogens is 4. The summed E-state index contributed by atoms with van der Waals surface area (Å²) in [6, 6.07) is 5.35. The molecule has 1 saturated carbocycles. The topological polar surface area (TPSA) is 127 Å². The zero-order valence-corrected chi connectivity index (χ0v) is 20.6. The van der Waals surface area contributed by atoms with Crippen LogP contribution in [0.1, 0.15) is 37.3 Å². The van der Waals surface area contributed by atoms with Crippen molar-refractivity contribution in [3.05, 3.63) is 53.1 Å². The Bertz CT molecular complexity index is 1300. The van der Waals surface area contributed by atoms with Crippen LogP contribution in [0.3, 0.4) is 0 Å². The summed E-state index contributed by atoms with van der Waals surface area (Å²) in [6.45, 7) is 4.82. The van der Waals surface area contributed by atoms with Crippen LogP contribution in [0.2, 0.25) is 0 Å². The van der Waals surface area contributed by atoms with E-state index in [0.29, 0.717) is 47.4 Å². The first kappa shape index (κ1) is 24.3. The van der Waals surface area contributed by atoms with Gasteiger partial charge in [-0.1, -0.05) is 6.58 Å². The Balaban J connectivity index is 1.42. The lowest BCUT2D eigenvalue weighted by molar-refractivity contribution is 0.0580. The maximum atomic E-state index is 13.3. The van der Waals surface area contributed by atoms with Crippen LogP contribution in [0.4, 0.5) is 17.3 Å². The fourth-order valence-electron chi connectivity index (χ4n) is 4.99. The highest BCUT2D eigenvalue weighted by atomic mass is 16.5. The number of hydrogen-bond acceptors (Lipinski definition) is 9. The second-order valence-electron chi connectivity index (χ2n) is 9.33. The molecule has 0 radical (unpaired) electrons. The van der Waals surface area contributed by atoms with Gasteiger partial charge in [0.2, 0.25) is 0 Å². The predicted molar refractivity (Wildman–Crippen MR) is 138 cm³/mol. The van der Waals surface area contributed by atoms with Crippen molar-refractivity contribution in [3.8, 4) is 0 Å². The highest BCUT2D eigenvalue weighted by molar-refractivity contribution is 5.76. The van der Waals surface area contributed by atoms with E-state index in [-0.39, 0.29) is 23.7 Å². The van der Waals surface area contributed by atoms with Gasteiger partial charge in [0.25, 0.3) is 5.56 Å². The first-order valence-electron chi connectivity index (χ1n) is 12.3. The van der Waals surface area contributed by atoms with E-state index in [1.807, 2.05) is 16.8 Å². The van der Waals surface area contributed by atoms with Gasteiger partial charge in [0.05, 0.1) is 43.2 Å². The SMILES string of the molecule is C=C(N[C@H]1COC[C@H]1O)c1cnn2c(NC)cc(Nc3cccn(C4CCC(OC)CC4)c3=O)nc12. The third-order valence-corrected chi connectivity index (χ3v) is 7.07. The number of aliphatic hydroxyl groups is 1. The molecule has 192 valence electrons. The molecule has 0 amide bonds. The summed E-state index contributed by atoms with van der Waals surface area (Å²) < 4.78 is 14.3. The molecule has 1 saturated heterocycles. The smallest absolute Gasteiger partial charge is 0.274 e. The molecule has 4 N–H and O–H groups in total. The first-order chi connectivity index (χ1) is 17.5. The van der Waals surface area contributed by atoms with Crippen LogP contribution in [-0.4, -0.2) is 69.9 Å². The van der Waals surface area contributed by atoms with E-state index >= 15 is 0 Å². The zero-order valence-electron chi connectivity index (χ0n) is 20.6. The van der Waals surface area contributed by atoms with Crippen LogP contribution in [0.5, 0.6) is 0 Å². The zero-order chi connectivity index (χ0) is 25.2. The largest absolute Gasteiger partial charge is 0.388 e. The lowest BCUT2D eigenvalue weighted by atomic mass is 9.92. The van der Waals surface area contributed by atoms with Gasteiger partial charge in [-0.15, -0.1) is 0 Å². The Kier molecular flexibility index (Phi) is 6.95. The van der Waals surface area contributed by atoms with Gasteiger partial charge in [0, 0.05) is 38.2 Å². The minimum atomic E-state index is -0.605. The minimum absolute atomic E-state index is 0.0823. The highest BCUT2D eigenvalue weighted by Gasteiger charge is 2.27. The second kappa shape index (κ2) is 10.3. The van der Waals surface area contributed by atoms with E-state index in [4.69, 9.17) is 14.5 Å². The summed E-state index contributed by atoms with van der Waals surface area (Å²) in [5, 5.41) is 24.1. The van der Waals surface area contributed by atoms with Gasteiger partial charge in [0.15, 0.2) is 5.65 Å². The Morgan fingerprint density at radius 2 is 2.08 bits per heavy atom. The molecule has 0 spiro atoms. The lowest BCUT2D eigenvalue weighted by Gasteiger charge is -2.29. The van der Waals surface area contributed by atoms with Crippen LogP contribution in [0, 0.1) is 0 Å². The highest BCUT2D eigenvalue weighted by Crippen LogP contribution is 2.29. The standard InChI is InChI=1S/C25H33N7O4/c1-15(28-20-13-36-14-21(20)33)18-12-27-32-23(26-2)11-22(30-24(18)32)29-19-5-4-10-31(25(19)34)16-6-8-17(35-3)9-7-16/h4-5,10-12,16-17,20-21,26,28,33H,1,6-9,13-14H2,2-3H3,(H,29,30)/t16?,17?,20-,21+/m0/s1. The number of anilines is 3. The predicted octanol–water partition coefficient (Wildman–Crippen LogP) is 2.13. The van der Waals surface area contributed by atoms with Crippen molar-refractivity contribution in [2.45, 2.75) is 50.0 Å². The van der Waals surface area contributed by atoms with Crippen molar-refractivity contribution in [2.75, 3.05) is 38.0 Å². The van der Waals surface area contributed by atoms with E-state index in [1.54, 1.807) is 37.0 Å². The number of rotatable bonds is 8. The molecule has 1 aliphatic heterocycles. The molecule has 3 aromatic rings. The molecule has 2 atom stereocenters. The summed E-state index contributed by atoms with van der Waals surface area (Å²) in [5.41, 5.74) is 2.20. The van der Waals surface area contributed by atoms with Gasteiger partial charge < -0.3 is 35.1 Å². The van der Waals surface area contributed by atoms with Crippen molar-refractivity contribution in [1.82, 2.24) is 24.5 Å². The monoisotopic (exact) mass is 495 g/mol. The van der Waals surface area contributed by atoms with Crippen molar-refractivity contribution in [3.63, 3.8) is 0 Å². The molecule has 0 aromatic carbocycles. The van der Waals surface area contributed by atoms with E-state index in [1.165, 1.54) is 0 Å². The van der Waals surface area contributed by atoms with Gasteiger partial charge in [-0.2, -0.15) is 9.61 Å². The number of fused-ring (bicyclic) bond motifs is 1. The average molecular weight is 496 g/mol. The van der Waals surface area contributed by atoms with Crippen molar-refractivity contribution < 1.29 is 14.6 Å². The van der Waals surface area contributed by atoms with Gasteiger partial charge >= 0.3 is 0 Å². The molecule has 11 heteroatoms. The summed E-state index contributed by atoms with van der Waals surface area (Å²) in [6.07, 6.45) is 6.90.